The summed E-state index contributed by atoms with van der Waals surface area (Å²) >= 11 is 1.11. The van der Waals surface area contributed by atoms with Crippen molar-refractivity contribution in [3.63, 3.8) is 0 Å². The standard InChI is InChI=1S/C20H23NO4S/c1-13(2)10-20(8-9-20)14-4-6-15(7-5-14)25-11-17(22)18-21-16(12-26-18)19(23)24-3/h4-7,12-13H,8-11H2,1-3H3. The first-order chi connectivity index (χ1) is 12.4. The molecule has 1 aromatic heterocycles. The summed E-state index contributed by atoms with van der Waals surface area (Å²) in [6.45, 7) is 4.41. The van der Waals surface area contributed by atoms with Gasteiger partial charge in [-0.1, -0.05) is 26.0 Å². The number of hydrogen-bond acceptors (Lipinski definition) is 6. The van der Waals surface area contributed by atoms with Crippen molar-refractivity contribution >= 4 is 23.1 Å². The minimum absolute atomic E-state index is 0.107. The third kappa shape index (κ3) is 4.12. The lowest BCUT2D eigenvalue weighted by Crippen LogP contribution is -2.13. The third-order valence-electron chi connectivity index (χ3n) is 4.63. The van der Waals surface area contributed by atoms with Crippen LogP contribution in [0.4, 0.5) is 0 Å². The summed E-state index contributed by atoms with van der Waals surface area (Å²) in [4.78, 5) is 27.6. The first-order valence-electron chi connectivity index (χ1n) is 8.74. The summed E-state index contributed by atoms with van der Waals surface area (Å²) in [5.41, 5.74) is 1.84. The molecule has 1 aromatic carbocycles. The van der Waals surface area contributed by atoms with Gasteiger partial charge in [0.2, 0.25) is 5.78 Å². The van der Waals surface area contributed by atoms with Gasteiger partial charge >= 0.3 is 5.97 Å². The number of benzene rings is 1. The first kappa shape index (κ1) is 18.6. The Morgan fingerprint density at radius 3 is 2.50 bits per heavy atom. The van der Waals surface area contributed by atoms with Gasteiger partial charge in [0.15, 0.2) is 17.3 Å². The van der Waals surface area contributed by atoms with Gasteiger partial charge < -0.3 is 9.47 Å². The predicted octanol–water partition coefficient (Wildman–Crippen LogP) is 4.27. The Labute approximate surface area is 157 Å². The Balaban J connectivity index is 1.57. The quantitative estimate of drug-likeness (QED) is 0.511. The maximum absolute atomic E-state index is 12.2. The molecular formula is C20H23NO4S. The molecule has 0 saturated heterocycles. The van der Waals surface area contributed by atoms with Gasteiger partial charge in [-0.15, -0.1) is 11.3 Å². The van der Waals surface area contributed by atoms with Crippen LogP contribution in [0.2, 0.25) is 0 Å². The molecule has 0 radical (unpaired) electrons. The van der Waals surface area contributed by atoms with Gasteiger partial charge in [-0.05, 0) is 48.3 Å². The van der Waals surface area contributed by atoms with Gasteiger partial charge in [0, 0.05) is 5.38 Å². The van der Waals surface area contributed by atoms with Gasteiger partial charge in [-0.2, -0.15) is 0 Å². The van der Waals surface area contributed by atoms with Crippen molar-refractivity contribution in [2.75, 3.05) is 13.7 Å². The zero-order chi connectivity index (χ0) is 18.7. The van der Waals surface area contributed by atoms with Crippen LogP contribution in [0.25, 0.3) is 0 Å². The molecule has 0 aliphatic heterocycles. The van der Waals surface area contributed by atoms with Crippen LogP contribution < -0.4 is 4.74 Å². The molecule has 1 aliphatic carbocycles. The lowest BCUT2D eigenvalue weighted by atomic mass is 9.87. The summed E-state index contributed by atoms with van der Waals surface area (Å²) in [6.07, 6.45) is 3.70. The molecule has 0 bridgehead atoms. The lowest BCUT2D eigenvalue weighted by molar-refractivity contribution is 0.0595. The van der Waals surface area contributed by atoms with Crippen LogP contribution >= 0.6 is 11.3 Å². The highest BCUT2D eigenvalue weighted by molar-refractivity contribution is 7.12. The second kappa shape index (κ2) is 7.58. The van der Waals surface area contributed by atoms with Gasteiger partial charge in [-0.25, -0.2) is 9.78 Å². The highest BCUT2D eigenvalue weighted by Crippen LogP contribution is 2.52. The second-order valence-electron chi connectivity index (χ2n) is 7.14. The van der Waals surface area contributed by atoms with E-state index in [-0.39, 0.29) is 23.1 Å². The Kier molecular flexibility index (Phi) is 5.41. The molecular weight excluding hydrogens is 350 g/mol. The average Bonchev–Trinajstić information content (AvgIpc) is 3.23. The van der Waals surface area contributed by atoms with E-state index in [9.17, 15) is 9.59 Å². The fraction of sp³-hybridized carbons (Fsp3) is 0.450. The van der Waals surface area contributed by atoms with Crippen molar-refractivity contribution in [2.24, 2.45) is 5.92 Å². The predicted molar refractivity (Wildman–Crippen MR) is 100 cm³/mol. The third-order valence-corrected chi connectivity index (χ3v) is 5.51. The van der Waals surface area contributed by atoms with E-state index in [4.69, 9.17) is 4.74 Å². The van der Waals surface area contributed by atoms with Crippen molar-refractivity contribution < 1.29 is 19.1 Å². The number of rotatable bonds is 8. The monoisotopic (exact) mass is 373 g/mol. The van der Waals surface area contributed by atoms with E-state index in [1.807, 2.05) is 12.1 Å². The minimum Gasteiger partial charge on any atom is -0.485 e. The fourth-order valence-electron chi connectivity index (χ4n) is 3.26. The average molecular weight is 373 g/mol. The molecule has 2 aromatic rings. The maximum atomic E-state index is 12.2. The van der Waals surface area contributed by atoms with Gasteiger partial charge in [-0.3, -0.25) is 4.79 Å². The fourth-order valence-corrected chi connectivity index (χ4v) is 3.97. The van der Waals surface area contributed by atoms with Crippen LogP contribution in [0.1, 0.15) is 59.0 Å². The molecule has 1 heterocycles. The summed E-state index contributed by atoms with van der Waals surface area (Å²) in [5, 5.41) is 1.76. The molecule has 0 atom stereocenters. The Hall–Kier alpha value is -2.21. The Morgan fingerprint density at radius 2 is 1.92 bits per heavy atom. The van der Waals surface area contributed by atoms with E-state index in [1.165, 1.54) is 37.3 Å². The van der Waals surface area contributed by atoms with Crippen molar-refractivity contribution in [1.82, 2.24) is 4.98 Å². The molecule has 1 aliphatic rings. The van der Waals surface area contributed by atoms with Crippen molar-refractivity contribution in [2.45, 2.75) is 38.5 Å². The number of Topliss-reactive ketones (excluding diaryl/α,β-unsaturated/α-hetero) is 1. The molecule has 0 spiro atoms. The molecule has 3 rings (SSSR count). The van der Waals surface area contributed by atoms with E-state index in [1.54, 1.807) is 0 Å². The van der Waals surface area contributed by atoms with Crippen LogP contribution in [0.15, 0.2) is 29.6 Å². The van der Waals surface area contributed by atoms with Gasteiger partial charge in [0.1, 0.15) is 5.75 Å². The molecule has 1 saturated carbocycles. The van der Waals surface area contributed by atoms with Crippen molar-refractivity contribution in [1.29, 1.82) is 0 Å². The van der Waals surface area contributed by atoms with Gasteiger partial charge in [0.25, 0.3) is 0 Å². The summed E-state index contributed by atoms with van der Waals surface area (Å²) < 4.78 is 10.2. The normalized spacial score (nSPS) is 14.9. The number of ether oxygens (including phenoxy) is 2. The summed E-state index contributed by atoms with van der Waals surface area (Å²) in [7, 11) is 1.28. The van der Waals surface area contributed by atoms with Crippen LogP contribution in [-0.2, 0) is 10.2 Å². The topological polar surface area (TPSA) is 65.5 Å². The van der Waals surface area contributed by atoms with E-state index < -0.39 is 5.97 Å². The lowest BCUT2D eigenvalue weighted by Gasteiger charge is -2.18. The number of nitrogens with zero attached hydrogens (tertiary/aromatic N) is 1. The second-order valence-corrected chi connectivity index (χ2v) is 8.00. The van der Waals surface area contributed by atoms with Crippen LogP contribution in [-0.4, -0.2) is 30.5 Å². The maximum Gasteiger partial charge on any atom is 0.357 e. The Bertz CT molecular complexity index is 790. The number of carbonyl (C=O) groups excluding carboxylic acids is 2. The number of methoxy groups -OCH3 is 1. The zero-order valence-corrected chi connectivity index (χ0v) is 16.1. The number of ketones is 1. The largest absolute Gasteiger partial charge is 0.485 e. The highest BCUT2D eigenvalue weighted by atomic mass is 32.1. The molecule has 0 unspecified atom stereocenters. The SMILES string of the molecule is COC(=O)c1csc(C(=O)COc2ccc(C3(CC(C)C)CC3)cc2)n1. The van der Waals surface area contributed by atoms with E-state index in [2.05, 4.69) is 35.7 Å². The minimum atomic E-state index is -0.549. The van der Waals surface area contributed by atoms with E-state index >= 15 is 0 Å². The molecule has 0 N–H and O–H groups in total. The molecule has 0 amide bonds. The number of hydrogen-bond donors (Lipinski definition) is 0. The smallest absolute Gasteiger partial charge is 0.357 e. The number of esters is 1. The van der Waals surface area contributed by atoms with Crippen LogP contribution in [0.3, 0.4) is 0 Å². The zero-order valence-electron chi connectivity index (χ0n) is 15.3. The number of aromatic nitrogens is 1. The number of carbonyl (C=O) groups is 2. The molecule has 138 valence electrons. The van der Waals surface area contributed by atoms with Crippen LogP contribution in [0, 0.1) is 5.92 Å². The molecule has 26 heavy (non-hydrogen) atoms. The molecule has 6 heteroatoms. The number of thiazole rings is 1. The van der Waals surface area contributed by atoms with E-state index in [0.717, 1.165) is 11.3 Å². The van der Waals surface area contributed by atoms with Crippen molar-refractivity contribution in [3.05, 3.63) is 45.9 Å². The van der Waals surface area contributed by atoms with Crippen molar-refractivity contribution in [3.8, 4) is 5.75 Å². The Morgan fingerprint density at radius 1 is 1.23 bits per heavy atom. The van der Waals surface area contributed by atoms with Gasteiger partial charge in [0.05, 0.1) is 7.11 Å². The summed E-state index contributed by atoms with van der Waals surface area (Å²) in [5.74, 6) is 0.534. The highest BCUT2D eigenvalue weighted by Gasteiger charge is 2.44. The van der Waals surface area contributed by atoms with E-state index in [0.29, 0.717) is 17.1 Å². The summed E-state index contributed by atoms with van der Waals surface area (Å²) in [6, 6.07) is 8.05. The molecule has 5 nitrogen and oxygen atoms in total. The first-order valence-corrected chi connectivity index (χ1v) is 9.62. The molecule has 1 fully saturated rings. The van der Waals surface area contributed by atoms with Crippen LogP contribution in [0.5, 0.6) is 5.75 Å².